The van der Waals surface area contributed by atoms with Crippen molar-refractivity contribution in [1.82, 2.24) is 15.1 Å². The van der Waals surface area contributed by atoms with E-state index in [9.17, 15) is 9.59 Å². The predicted octanol–water partition coefficient (Wildman–Crippen LogP) is 1.70. The predicted molar refractivity (Wildman–Crippen MR) is 97.6 cm³/mol. The average Bonchev–Trinajstić information content (AvgIpc) is 2.96. The lowest BCUT2D eigenvalue weighted by Gasteiger charge is -2.26. The van der Waals surface area contributed by atoms with E-state index in [1.54, 1.807) is 10.7 Å². The summed E-state index contributed by atoms with van der Waals surface area (Å²) < 4.78 is 13.0. The van der Waals surface area contributed by atoms with Crippen molar-refractivity contribution in [3.8, 4) is 5.75 Å². The van der Waals surface area contributed by atoms with E-state index in [-0.39, 0.29) is 37.2 Å². The van der Waals surface area contributed by atoms with Gasteiger partial charge in [-0.15, -0.1) is 0 Å². The number of carbonyl (C=O) groups is 2. The molecule has 2 aliphatic rings. The Bertz CT molecular complexity index is 921. The van der Waals surface area contributed by atoms with E-state index in [1.165, 1.54) is 0 Å². The van der Waals surface area contributed by atoms with Gasteiger partial charge >= 0.3 is 0 Å². The molecule has 2 N–H and O–H groups in total. The summed E-state index contributed by atoms with van der Waals surface area (Å²) in [7, 11) is 1.83. The number of aryl methyl sites for hydroxylation is 1. The van der Waals surface area contributed by atoms with Crippen molar-refractivity contribution in [1.29, 1.82) is 0 Å². The smallest absolute Gasteiger partial charge is 0.272 e. The third-order valence-electron chi connectivity index (χ3n) is 4.90. The van der Waals surface area contributed by atoms with Crippen molar-refractivity contribution in [3.63, 3.8) is 0 Å². The van der Waals surface area contributed by atoms with Crippen LogP contribution < -0.4 is 15.4 Å². The molecule has 4 rings (SSSR count). The maximum atomic E-state index is 12.8. The Kier molecular flexibility index (Phi) is 4.35. The third kappa shape index (κ3) is 3.16. The van der Waals surface area contributed by atoms with Crippen LogP contribution >= 0.6 is 0 Å². The Hall–Kier alpha value is -2.87. The van der Waals surface area contributed by atoms with E-state index in [2.05, 4.69) is 15.7 Å². The molecule has 8 heteroatoms. The van der Waals surface area contributed by atoms with E-state index in [1.807, 2.05) is 33.0 Å². The number of carbonyl (C=O) groups excluding carboxylic acids is 2. The van der Waals surface area contributed by atoms with Crippen LogP contribution in [0.4, 0.5) is 5.69 Å². The maximum absolute atomic E-state index is 12.8. The zero-order chi connectivity index (χ0) is 19.1. The summed E-state index contributed by atoms with van der Waals surface area (Å²) in [6.07, 6.45) is 0.592. The molecule has 0 saturated heterocycles. The van der Waals surface area contributed by atoms with Crippen molar-refractivity contribution in [2.75, 3.05) is 11.9 Å². The van der Waals surface area contributed by atoms with Crippen LogP contribution in [0.2, 0.25) is 0 Å². The van der Waals surface area contributed by atoms with Gasteiger partial charge < -0.3 is 20.1 Å². The number of hydrogen-bond donors (Lipinski definition) is 2. The number of fused-ring (bicyclic) bond motifs is 2. The van der Waals surface area contributed by atoms with Gasteiger partial charge in [0.25, 0.3) is 11.8 Å². The molecule has 2 amide bonds. The average molecular weight is 370 g/mol. The largest absolute Gasteiger partial charge is 0.482 e. The summed E-state index contributed by atoms with van der Waals surface area (Å²) in [5.74, 6) is 0.160. The molecule has 0 saturated carbocycles. The standard InChI is InChI=1S/C19H22N4O4/c1-10-7-13-17(22-23(3)18(13)11(2)27-10)19(25)20-8-12-5-4-6-14-16(12)21-15(24)9-26-14/h4-6,10-11H,7-9H2,1-3H3,(H,20,25)(H,21,24)/t10-,11+/m1/s1. The van der Waals surface area contributed by atoms with Gasteiger partial charge in [-0.3, -0.25) is 14.3 Å². The molecule has 142 valence electrons. The van der Waals surface area contributed by atoms with Gasteiger partial charge in [0.05, 0.1) is 23.6 Å². The zero-order valence-electron chi connectivity index (χ0n) is 15.5. The minimum absolute atomic E-state index is 0.00131. The first kappa shape index (κ1) is 17.5. The van der Waals surface area contributed by atoms with E-state index >= 15 is 0 Å². The maximum Gasteiger partial charge on any atom is 0.272 e. The fourth-order valence-electron chi connectivity index (χ4n) is 3.79. The van der Waals surface area contributed by atoms with Gasteiger partial charge in [-0.05, 0) is 25.5 Å². The molecule has 8 nitrogen and oxygen atoms in total. The lowest BCUT2D eigenvalue weighted by Crippen LogP contribution is -2.29. The highest BCUT2D eigenvalue weighted by molar-refractivity contribution is 5.97. The molecule has 1 aromatic carbocycles. The summed E-state index contributed by atoms with van der Waals surface area (Å²) in [5, 5.41) is 10.1. The molecule has 0 bridgehead atoms. The van der Waals surface area contributed by atoms with Crippen LogP contribution in [0.15, 0.2) is 18.2 Å². The van der Waals surface area contributed by atoms with Gasteiger partial charge in [0, 0.05) is 25.6 Å². The van der Waals surface area contributed by atoms with E-state index < -0.39 is 0 Å². The molecule has 0 unspecified atom stereocenters. The Morgan fingerprint density at radius 2 is 2.22 bits per heavy atom. The Balaban J connectivity index is 1.55. The lowest BCUT2D eigenvalue weighted by molar-refractivity contribution is -0.118. The minimum atomic E-state index is -0.242. The first-order valence-corrected chi connectivity index (χ1v) is 8.98. The van der Waals surface area contributed by atoms with E-state index in [0.717, 1.165) is 16.8 Å². The summed E-state index contributed by atoms with van der Waals surface area (Å²) >= 11 is 0. The molecule has 1 aromatic heterocycles. The highest BCUT2D eigenvalue weighted by Crippen LogP contribution is 2.33. The Morgan fingerprint density at radius 3 is 3.04 bits per heavy atom. The lowest BCUT2D eigenvalue weighted by atomic mass is 9.99. The molecular weight excluding hydrogens is 348 g/mol. The number of para-hydroxylation sites is 1. The fraction of sp³-hybridized carbons (Fsp3) is 0.421. The number of anilines is 1. The van der Waals surface area contributed by atoms with Crippen molar-refractivity contribution in [2.24, 2.45) is 7.05 Å². The van der Waals surface area contributed by atoms with E-state index in [4.69, 9.17) is 9.47 Å². The molecule has 2 atom stereocenters. The second-order valence-corrected chi connectivity index (χ2v) is 6.94. The summed E-state index contributed by atoms with van der Waals surface area (Å²) in [5.41, 5.74) is 3.69. The fourth-order valence-corrected chi connectivity index (χ4v) is 3.79. The molecule has 0 radical (unpaired) electrons. The van der Waals surface area contributed by atoms with Crippen LogP contribution in [0, 0.1) is 0 Å². The zero-order valence-corrected chi connectivity index (χ0v) is 15.5. The van der Waals surface area contributed by atoms with Gasteiger partial charge in [-0.25, -0.2) is 0 Å². The SMILES string of the molecule is C[C@@H]1Cc2c(C(=O)NCc3cccc4c3NC(=O)CO4)nn(C)c2[C@H](C)O1. The van der Waals surface area contributed by atoms with Gasteiger partial charge in [-0.2, -0.15) is 5.10 Å². The van der Waals surface area contributed by atoms with Crippen LogP contribution in [0.5, 0.6) is 5.75 Å². The molecule has 0 aliphatic carbocycles. The quantitative estimate of drug-likeness (QED) is 0.858. The second kappa shape index (κ2) is 6.70. The third-order valence-corrected chi connectivity index (χ3v) is 4.90. The number of benzene rings is 1. The number of nitrogens with zero attached hydrogens (tertiary/aromatic N) is 2. The number of rotatable bonds is 3. The highest BCUT2D eigenvalue weighted by atomic mass is 16.5. The summed E-state index contributed by atoms with van der Waals surface area (Å²) in [6, 6.07) is 5.47. The molecule has 2 aromatic rings. The van der Waals surface area contributed by atoms with E-state index in [0.29, 0.717) is 23.6 Å². The van der Waals surface area contributed by atoms with Crippen molar-refractivity contribution in [3.05, 3.63) is 40.7 Å². The highest BCUT2D eigenvalue weighted by Gasteiger charge is 2.31. The van der Waals surface area contributed by atoms with Crippen LogP contribution in [0.1, 0.15) is 47.3 Å². The normalized spacial score (nSPS) is 20.9. The number of amides is 2. The van der Waals surface area contributed by atoms with Crippen LogP contribution in [0.3, 0.4) is 0 Å². The molecule has 0 spiro atoms. The van der Waals surface area contributed by atoms with Gasteiger partial charge in [0.1, 0.15) is 5.75 Å². The van der Waals surface area contributed by atoms with Crippen LogP contribution in [-0.4, -0.2) is 34.3 Å². The van der Waals surface area contributed by atoms with Gasteiger partial charge in [-0.1, -0.05) is 12.1 Å². The van der Waals surface area contributed by atoms with Gasteiger partial charge in [0.2, 0.25) is 0 Å². The monoisotopic (exact) mass is 370 g/mol. The molecule has 0 fully saturated rings. The van der Waals surface area contributed by atoms with Crippen molar-refractivity contribution < 1.29 is 19.1 Å². The number of hydrogen-bond acceptors (Lipinski definition) is 5. The van der Waals surface area contributed by atoms with Crippen molar-refractivity contribution >= 4 is 17.5 Å². The Labute approximate surface area is 156 Å². The number of nitrogens with one attached hydrogen (secondary N) is 2. The Morgan fingerprint density at radius 1 is 1.41 bits per heavy atom. The minimum Gasteiger partial charge on any atom is -0.482 e. The van der Waals surface area contributed by atoms with Crippen LogP contribution in [-0.2, 0) is 29.5 Å². The summed E-state index contributed by atoms with van der Waals surface area (Å²) in [4.78, 5) is 24.4. The second-order valence-electron chi connectivity index (χ2n) is 6.94. The molecule has 2 aliphatic heterocycles. The topological polar surface area (TPSA) is 94.5 Å². The molecule has 27 heavy (non-hydrogen) atoms. The van der Waals surface area contributed by atoms with Crippen LogP contribution in [0.25, 0.3) is 0 Å². The first-order valence-electron chi connectivity index (χ1n) is 8.98. The number of aromatic nitrogens is 2. The molecular formula is C19H22N4O4. The number of ether oxygens (including phenoxy) is 2. The van der Waals surface area contributed by atoms with Gasteiger partial charge in [0.15, 0.2) is 12.3 Å². The molecule has 3 heterocycles. The van der Waals surface area contributed by atoms with Crippen molar-refractivity contribution in [2.45, 2.75) is 39.0 Å². The summed E-state index contributed by atoms with van der Waals surface area (Å²) in [6.45, 7) is 4.23. The first-order chi connectivity index (χ1) is 12.9.